The summed E-state index contributed by atoms with van der Waals surface area (Å²) in [5, 5.41) is 21.2. The van der Waals surface area contributed by atoms with E-state index in [2.05, 4.69) is 49.7 Å². The molecule has 8 heteroatoms. The third kappa shape index (κ3) is 4.47. The summed E-state index contributed by atoms with van der Waals surface area (Å²) in [4.78, 5) is 19.5. The van der Waals surface area contributed by atoms with Crippen LogP contribution in [-0.4, -0.2) is 69.5 Å². The first-order valence-electron chi connectivity index (χ1n) is 14.1. The molecular weight excluding hydrogens is 490 g/mol. The lowest BCUT2D eigenvalue weighted by molar-refractivity contribution is 0.0957. The number of aryl methyl sites for hydroxylation is 2. The third-order valence-electron chi connectivity index (χ3n) is 8.71. The Balaban J connectivity index is 1.18. The first kappa shape index (κ1) is 24.3. The number of ether oxygens (including phenoxy) is 1. The van der Waals surface area contributed by atoms with Gasteiger partial charge in [-0.25, -0.2) is 4.98 Å². The number of aromatic amines is 1. The van der Waals surface area contributed by atoms with E-state index in [0.29, 0.717) is 42.2 Å². The van der Waals surface area contributed by atoms with Crippen molar-refractivity contribution >= 4 is 16.9 Å². The molecule has 1 amide bonds. The summed E-state index contributed by atoms with van der Waals surface area (Å²) in [7, 11) is 0. The molecule has 2 aliphatic heterocycles. The highest BCUT2D eigenvalue weighted by atomic mass is 16.5. The van der Waals surface area contributed by atoms with E-state index < -0.39 is 0 Å². The molecule has 3 aliphatic rings. The molecule has 3 N–H and O–H groups in total. The molecule has 1 saturated heterocycles. The molecule has 4 aromatic rings. The van der Waals surface area contributed by atoms with E-state index in [-0.39, 0.29) is 12.5 Å². The Morgan fingerprint density at radius 2 is 1.87 bits per heavy atom. The van der Waals surface area contributed by atoms with Crippen molar-refractivity contribution in [2.24, 2.45) is 0 Å². The van der Waals surface area contributed by atoms with Crippen molar-refractivity contribution in [2.75, 3.05) is 26.3 Å². The number of H-pyrrole nitrogens is 1. The maximum absolute atomic E-state index is 12.3. The van der Waals surface area contributed by atoms with Crippen LogP contribution in [0.1, 0.15) is 47.2 Å². The summed E-state index contributed by atoms with van der Waals surface area (Å²) in [6.45, 7) is 2.31. The lowest BCUT2D eigenvalue weighted by Gasteiger charge is -2.31. The van der Waals surface area contributed by atoms with Gasteiger partial charge in [-0.05, 0) is 80.0 Å². The van der Waals surface area contributed by atoms with Crippen LogP contribution >= 0.6 is 0 Å². The summed E-state index contributed by atoms with van der Waals surface area (Å²) in [6.07, 6.45) is 8.63. The molecule has 1 aliphatic carbocycles. The van der Waals surface area contributed by atoms with Crippen LogP contribution in [-0.2, 0) is 12.8 Å². The van der Waals surface area contributed by atoms with Gasteiger partial charge in [-0.15, -0.1) is 0 Å². The van der Waals surface area contributed by atoms with Crippen LogP contribution in [0.3, 0.4) is 0 Å². The van der Waals surface area contributed by atoms with Gasteiger partial charge in [0.05, 0.1) is 24.4 Å². The fourth-order valence-corrected chi connectivity index (χ4v) is 6.62. The maximum atomic E-state index is 12.3. The van der Waals surface area contributed by atoms with Gasteiger partial charge in [-0.1, -0.05) is 24.3 Å². The van der Waals surface area contributed by atoms with E-state index in [0.717, 1.165) is 66.4 Å². The number of aromatic nitrogens is 3. The Kier molecular flexibility index (Phi) is 6.29. The van der Waals surface area contributed by atoms with Gasteiger partial charge in [0.15, 0.2) is 5.65 Å². The molecule has 8 nitrogen and oxygen atoms in total. The van der Waals surface area contributed by atoms with Gasteiger partial charge in [-0.2, -0.15) is 5.10 Å². The number of carbonyl (C=O) groups is 1. The van der Waals surface area contributed by atoms with Crippen molar-refractivity contribution in [3.63, 3.8) is 0 Å². The van der Waals surface area contributed by atoms with Gasteiger partial charge in [0.25, 0.3) is 5.91 Å². The number of fused-ring (bicyclic) bond motifs is 3. The zero-order chi connectivity index (χ0) is 26.3. The van der Waals surface area contributed by atoms with Crippen molar-refractivity contribution in [2.45, 2.75) is 50.6 Å². The quantitative estimate of drug-likeness (QED) is 0.348. The second-order valence-corrected chi connectivity index (χ2v) is 10.9. The zero-order valence-electron chi connectivity index (χ0n) is 21.9. The van der Waals surface area contributed by atoms with Crippen molar-refractivity contribution in [3.8, 4) is 28.1 Å². The molecule has 2 atom stereocenters. The third-order valence-corrected chi connectivity index (χ3v) is 8.71. The smallest absolute Gasteiger partial charge is 0.255 e. The average Bonchev–Trinajstić information content (AvgIpc) is 3.51. The first-order chi connectivity index (χ1) is 19.2. The number of aliphatic hydroxyl groups is 1. The van der Waals surface area contributed by atoms with Gasteiger partial charge < -0.3 is 15.2 Å². The monoisotopic (exact) mass is 523 g/mol. The van der Waals surface area contributed by atoms with Crippen molar-refractivity contribution in [1.82, 2.24) is 25.4 Å². The molecule has 0 bridgehead atoms. The predicted molar refractivity (Wildman–Crippen MR) is 150 cm³/mol. The van der Waals surface area contributed by atoms with E-state index >= 15 is 0 Å². The molecule has 0 radical (unpaired) electrons. The van der Waals surface area contributed by atoms with Crippen LogP contribution in [0.25, 0.3) is 33.4 Å². The Morgan fingerprint density at radius 3 is 2.77 bits per heavy atom. The van der Waals surface area contributed by atoms with Crippen molar-refractivity contribution < 1.29 is 14.6 Å². The summed E-state index contributed by atoms with van der Waals surface area (Å²) in [6, 6.07) is 15.5. The molecular formula is C31H33N5O3. The molecule has 1 fully saturated rings. The lowest BCUT2D eigenvalue weighted by Crippen LogP contribution is -2.41. The first-order valence-corrected chi connectivity index (χ1v) is 14.1. The molecule has 0 spiro atoms. The predicted octanol–water partition coefficient (Wildman–Crippen LogP) is 4.12. The molecule has 0 saturated carbocycles. The van der Waals surface area contributed by atoms with Crippen LogP contribution in [0.2, 0.25) is 0 Å². The SMILES string of the molecule is O=C1NCCOc2cc(-c3[nH]nc4ncc(-c5ccc6c(c5)CCC(N5CCCC5CO)CC6)cc34)ccc21. The van der Waals surface area contributed by atoms with Crippen molar-refractivity contribution in [1.29, 1.82) is 0 Å². The van der Waals surface area contributed by atoms with E-state index in [1.165, 1.54) is 17.5 Å². The molecule has 39 heavy (non-hydrogen) atoms. The molecule has 2 aromatic carbocycles. The Morgan fingerprint density at radius 1 is 1.00 bits per heavy atom. The Bertz CT molecular complexity index is 1550. The maximum Gasteiger partial charge on any atom is 0.255 e. The number of likely N-dealkylation sites (tertiary alicyclic amines) is 1. The van der Waals surface area contributed by atoms with Gasteiger partial charge in [0, 0.05) is 34.8 Å². The van der Waals surface area contributed by atoms with Gasteiger partial charge >= 0.3 is 0 Å². The van der Waals surface area contributed by atoms with E-state index in [1.807, 2.05) is 18.3 Å². The van der Waals surface area contributed by atoms with Gasteiger partial charge in [0.1, 0.15) is 12.4 Å². The number of carbonyl (C=O) groups excluding carboxylic acids is 1. The van der Waals surface area contributed by atoms with Gasteiger partial charge in [-0.3, -0.25) is 14.8 Å². The largest absolute Gasteiger partial charge is 0.491 e. The van der Waals surface area contributed by atoms with Gasteiger partial charge in [0.2, 0.25) is 0 Å². The van der Waals surface area contributed by atoms with Crippen LogP contribution in [0.15, 0.2) is 48.7 Å². The summed E-state index contributed by atoms with van der Waals surface area (Å²) in [5.74, 6) is 0.466. The second kappa shape index (κ2) is 10.1. The van der Waals surface area contributed by atoms with Crippen LogP contribution in [0, 0.1) is 0 Å². The number of nitrogens with zero attached hydrogens (tertiary/aromatic N) is 3. The molecule has 200 valence electrons. The highest BCUT2D eigenvalue weighted by molar-refractivity contribution is 5.99. The highest BCUT2D eigenvalue weighted by Gasteiger charge is 2.31. The van der Waals surface area contributed by atoms with E-state index in [1.54, 1.807) is 6.07 Å². The number of rotatable bonds is 4. The topological polar surface area (TPSA) is 103 Å². The fourth-order valence-electron chi connectivity index (χ4n) is 6.62. The number of hydrogen-bond donors (Lipinski definition) is 3. The Labute approximate surface area is 227 Å². The summed E-state index contributed by atoms with van der Waals surface area (Å²) in [5.41, 5.74) is 8.03. The molecule has 4 heterocycles. The number of nitrogens with one attached hydrogen (secondary N) is 2. The van der Waals surface area contributed by atoms with Crippen LogP contribution < -0.4 is 10.1 Å². The van der Waals surface area contributed by atoms with Crippen molar-refractivity contribution in [3.05, 3.63) is 65.4 Å². The van der Waals surface area contributed by atoms with Crippen LogP contribution in [0.4, 0.5) is 0 Å². The minimum atomic E-state index is -0.115. The minimum absolute atomic E-state index is 0.115. The second-order valence-electron chi connectivity index (χ2n) is 10.9. The standard InChI is InChI=1S/C31H33N5O3/c37-18-25-2-1-12-36(25)24-8-5-19-3-4-21(14-20(19)6-9-24)23-15-27-29(34-35-30(27)33-17-23)22-7-10-26-28(16-22)39-13-11-32-31(26)38/h3-4,7,10,14-17,24-25,37H,1-2,5-6,8-9,11-13,18H2,(H,32,38)(H,33,34,35). The highest BCUT2D eigenvalue weighted by Crippen LogP contribution is 2.35. The zero-order valence-corrected chi connectivity index (χ0v) is 21.9. The number of hydrogen-bond acceptors (Lipinski definition) is 6. The lowest BCUT2D eigenvalue weighted by atomic mass is 9.96. The molecule has 2 aromatic heterocycles. The Hall–Kier alpha value is -3.75. The average molecular weight is 524 g/mol. The molecule has 7 rings (SSSR count). The minimum Gasteiger partial charge on any atom is -0.491 e. The molecule has 2 unspecified atom stereocenters. The van der Waals surface area contributed by atoms with E-state index in [9.17, 15) is 9.90 Å². The number of benzene rings is 2. The van der Waals surface area contributed by atoms with Crippen LogP contribution in [0.5, 0.6) is 5.75 Å². The number of aliphatic hydroxyl groups excluding tert-OH is 1. The number of amides is 1. The summed E-state index contributed by atoms with van der Waals surface area (Å²) >= 11 is 0. The normalized spacial score (nSPS) is 21.5. The fraction of sp³-hybridized carbons (Fsp3) is 0.387. The van der Waals surface area contributed by atoms with E-state index in [4.69, 9.17) is 4.74 Å². The summed E-state index contributed by atoms with van der Waals surface area (Å²) < 4.78 is 5.83. The number of pyridine rings is 1.